The molecule has 8 nitrogen and oxygen atoms in total. The fourth-order valence-electron chi connectivity index (χ4n) is 2.71. The number of nitrogens with one attached hydrogen (secondary N) is 1. The van der Waals surface area contributed by atoms with Gasteiger partial charge in [-0.1, -0.05) is 36.4 Å². The topological polar surface area (TPSA) is 115 Å². The third-order valence-electron chi connectivity index (χ3n) is 4.05. The summed E-state index contributed by atoms with van der Waals surface area (Å²) in [6.45, 7) is 0.109. The fraction of sp³-hybridized carbons (Fsp3) is 0.158. The highest BCUT2D eigenvalue weighted by Gasteiger charge is 2.21. The minimum absolute atomic E-state index is 0.109. The molecular weight excluding hydrogens is 412 g/mol. The maximum Gasteiger partial charge on any atom is 0.291 e. The smallest absolute Gasteiger partial charge is 0.291 e. The molecule has 29 heavy (non-hydrogen) atoms. The lowest BCUT2D eigenvalue weighted by Gasteiger charge is -2.00. The molecule has 0 aliphatic heterocycles. The molecule has 2 aromatic carbocycles. The van der Waals surface area contributed by atoms with Crippen LogP contribution in [0.3, 0.4) is 0 Å². The average molecular weight is 428 g/mol. The summed E-state index contributed by atoms with van der Waals surface area (Å²) >= 11 is 1.26. The number of hydrogen-bond acceptors (Lipinski definition) is 8. The highest BCUT2D eigenvalue weighted by Crippen LogP contribution is 2.29. The van der Waals surface area contributed by atoms with Gasteiger partial charge < -0.3 is 4.42 Å². The molecule has 10 heteroatoms. The van der Waals surface area contributed by atoms with E-state index >= 15 is 0 Å². The van der Waals surface area contributed by atoms with Crippen LogP contribution in [0.2, 0.25) is 0 Å². The minimum atomic E-state index is -3.30. The van der Waals surface area contributed by atoms with Crippen molar-refractivity contribution in [1.82, 2.24) is 19.9 Å². The summed E-state index contributed by atoms with van der Waals surface area (Å²) in [5.74, 6) is -0.444. The Kier molecular flexibility index (Phi) is 5.22. The number of thiazole rings is 1. The number of sulfonamides is 1. The van der Waals surface area contributed by atoms with E-state index in [2.05, 4.69) is 19.9 Å². The van der Waals surface area contributed by atoms with E-state index in [1.54, 1.807) is 0 Å². The Labute approximate surface area is 170 Å². The van der Waals surface area contributed by atoms with Crippen molar-refractivity contribution in [3.63, 3.8) is 0 Å². The van der Waals surface area contributed by atoms with Crippen molar-refractivity contribution in [3.05, 3.63) is 65.3 Å². The second-order valence-electron chi connectivity index (χ2n) is 6.31. The zero-order chi connectivity index (χ0) is 20.4. The Balaban J connectivity index is 1.53. The van der Waals surface area contributed by atoms with Gasteiger partial charge in [0.2, 0.25) is 15.9 Å². The van der Waals surface area contributed by atoms with E-state index in [-0.39, 0.29) is 29.8 Å². The van der Waals surface area contributed by atoms with Crippen LogP contribution in [0, 0.1) is 0 Å². The van der Waals surface area contributed by atoms with Crippen LogP contribution in [0.25, 0.3) is 21.3 Å². The van der Waals surface area contributed by atoms with Crippen molar-refractivity contribution in [2.24, 2.45) is 0 Å². The first kappa shape index (κ1) is 19.4. The number of ketones is 1. The van der Waals surface area contributed by atoms with Crippen LogP contribution >= 0.6 is 11.3 Å². The monoisotopic (exact) mass is 428 g/mol. The Hall–Kier alpha value is -2.95. The van der Waals surface area contributed by atoms with Gasteiger partial charge in [0, 0.05) is 13.0 Å². The molecular formula is C19H16N4O4S2. The second-order valence-corrected chi connectivity index (χ2v) is 9.18. The molecule has 4 aromatic rings. The van der Waals surface area contributed by atoms with Crippen LogP contribution in [0.4, 0.5) is 0 Å². The lowest BCUT2D eigenvalue weighted by atomic mass is 10.1. The van der Waals surface area contributed by atoms with Crippen molar-refractivity contribution in [3.8, 4) is 11.1 Å². The first-order chi connectivity index (χ1) is 13.9. The maximum absolute atomic E-state index is 12.7. The van der Waals surface area contributed by atoms with Crippen LogP contribution in [-0.4, -0.2) is 42.2 Å². The lowest BCUT2D eigenvalue weighted by Crippen LogP contribution is -2.24. The summed E-state index contributed by atoms with van der Waals surface area (Å²) in [6.07, 6.45) is 1.25. The van der Waals surface area contributed by atoms with Gasteiger partial charge >= 0.3 is 0 Å². The number of fused-ring (bicyclic) bond motifs is 1. The van der Waals surface area contributed by atoms with E-state index in [0.29, 0.717) is 0 Å². The second kappa shape index (κ2) is 7.82. The van der Waals surface area contributed by atoms with Crippen LogP contribution < -0.4 is 4.72 Å². The van der Waals surface area contributed by atoms with Crippen molar-refractivity contribution in [1.29, 1.82) is 0 Å². The van der Waals surface area contributed by atoms with Crippen LogP contribution in [0.15, 0.2) is 52.9 Å². The normalized spacial score (nSPS) is 11.8. The number of aromatic nitrogens is 3. The first-order valence-electron chi connectivity index (χ1n) is 8.67. The number of benzene rings is 2. The van der Waals surface area contributed by atoms with Gasteiger partial charge in [0.05, 0.1) is 16.5 Å². The molecule has 4 rings (SSSR count). The number of rotatable bonds is 7. The molecule has 1 N–H and O–H groups in total. The van der Waals surface area contributed by atoms with Gasteiger partial charge in [0.25, 0.3) is 11.7 Å². The zero-order valence-corrected chi connectivity index (χ0v) is 17.0. The predicted octanol–water partition coefficient (Wildman–Crippen LogP) is 2.67. The summed E-state index contributed by atoms with van der Waals surface area (Å²) in [4.78, 5) is 17.0. The summed E-state index contributed by atoms with van der Waals surface area (Å²) in [7, 11) is -3.30. The van der Waals surface area contributed by atoms with Gasteiger partial charge in [-0.25, -0.2) is 18.1 Å². The highest BCUT2D eigenvalue weighted by molar-refractivity contribution is 7.88. The van der Waals surface area contributed by atoms with Gasteiger partial charge in [-0.15, -0.1) is 21.5 Å². The Morgan fingerprint density at radius 3 is 2.66 bits per heavy atom. The van der Waals surface area contributed by atoms with Crippen LogP contribution in [-0.2, 0) is 16.4 Å². The van der Waals surface area contributed by atoms with Crippen molar-refractivity contribution >= 4 is 37.4 Å². The first-order valence-corrected chi connectivity index (χ1v) is 11.4. The molecule has 0 bridgehead atoms. The summed E-state index contributed by atoms with van der Waals surface area (Å²) in [5, 5.41) is 7.82. The third kappa shape index (κ3) is 4.56. The molecule has 0 fully saturated rings. The van der Waals surface area contributed by atoms with E-state index < -0.39 is 15.8 Å². The predicted molar refractivity (Wildman–Crippen MR) is 109 cm³/mol. The van der Waals surface area contributed by atoms with Gasteiger partial charge in [-0.05, 0) is 23.3 Å². The van der Waals surface area contributed by atoms with Crippen LogP contribution in [0.5, 0.6) is 0 Å². The Morgan fingerprint density at radius 1 is 1.10 bits per heavy atom. The van der Waals surface area contributed by atoms with Gasteiger partial charge in [0.1, 0.15) is 0 Å². The number of hydrogen-bond donors (Lipinski definition) is 1. The summed E-state index contributed by atoms with van der Waals surface area (Å²) < 4.78 is 30.7. The van der Waals surface area contributed by atoms with Gasteiger partial charge in [-0.3, -0.25) is 4.79 Å². The van der Waals surface area contributed by atoms with E-state index in [1.165, 1.54) is 11.3 Å². The summed E-state index contributed by atoms with van der Waals surface area (Å²) in [6, 6.07) is 15.8. The van der Waals surface area contributed by atoms with Gasteiger partial charge in [-0.2, -0.15) is 0 Å². The molecule has 0 amide bonds. The lowest BCUT2D eigenvalue weighted by molar-refractivity contribution is 0.100. The van der Waals surface area contributed by atoms with Crippen LogP contribution in [0.1, 0.15) is 21.6 Å². The van der Waals surface area contributed by atoms with E-state index in [1.807, 2.05) is 48.5 Å². The van der Waals surface area contributed by atoms with Gasteiger partial charge in [0.15, 0.2) is 5.01 Å². The largest absolute Gasteiger partial charge is 0.418 e. The number of carbonyl (C=O) groups excluding carboxylic acids is 1. The van der Waals surface area contributed by atoms with E-state index in [9.17, 15) is 13.2 Å². The zero-order valence-electron chi connectivity index (χ0n) is 15.3. The molecule has 0 aliphatic carbocycles. The molecule has 0 atom stereocenters. The van der Waals surface area contributed by atoms with Crippen molar-refractivity contribution in [2.75, 3.05) is 12.8 Å². The molecule has 0 saturated carbocycles. The molecule has 0 saturated heterocycles. The number of nitrogens with zero attached hydrogens (tertiary/aromatic N) is 3. The van der Waals surface area contributed by atoms with Crippen molar-refractivity contribution in [2.45, 2.75) is 6.42 Å². The molecule has 0 spiro atoms. The maximum atomic E-state index is 12.7. The third-order valence-corrected chi connectivity index (χ3v) is 5.80. The quantitative estimate of drug-likeness (QED) is 0.450. The number of carbonyl (C=O) groups is 1. The highest BCUT2D eigenvalue weighted by atomic mass is 32.2. The average Bonchev–Trinajstić information content (AvgIpc) is 3.33. The minimum Gasteiger partial charge on any atom is -0.418 e. The Morgan fingerprint density at radius 2 is 1.90 bits per heavy atom. The van der Waals surface area contributed by atoms with E-state index in [0.717, 1.165) is 27.6 Å². The molecule has 2 heterocycles. The molecule has 2 aromatic heterocycles. The van der Waals surface area contributed by atoms with Crippen molar-refractivity contribution < 1.29 is 17.6 Å². The molecule has 0 aliphatic rings. The fourth-order valence-corrected chi connectivity index (χ4v) is 4.12. The standard InChI is InChI=1S/C19H16N4O4S2/c1-29(25,26)20-10-9-16-22-23-18(27-16)17(24)19-21-14-8-7-13(11-15(14)28-19)12-5-3-2-4-6-12/h2-8,11,20H,9-10H2,1H3. The Bertz CT molecular complexity index is 1280. The SMILES string of the molecule is CS(=O)(=O)NCCc1nnc(C(=O)c2nc3ccc(-c4ccccc4)cc3s2)o1. The molecule has 0 unspecified atom stereocenters. The summed E-state index contributed by atoms with van der Waals surface area (Å²) in [5.41, 5.74) is 2.84. The molecule has 148 valence electrons. The molecule has 0 radical (unpaired) electrons. The van der Waals surface area contributed by atoms with E-state index in [4.69, 9.17) is 4.42 Å².